The highest BCUT2D eigenvalue weighted by atomic mass is 32.1. The third-order valence-electron chi connectivity index (χ3n) is 4.53. The minimum absolute atomic E-state index is 0.0139. The Balaban J connectivity index is 1.56. The average Bonchev–Trinajstić information content (AvgIpc) is 3.42. The Kier molecular flexibility index (Phi) is 4.95. The first kappa shape index (κ1) is 17.7. The molecule has 0 spiro atoms. The van der Waals surface area contributed by atoms with Crippen molar-refractivity contribution in [3.8, 4) is 16.5 Å². The van der Waals surface area contributed by atoms with Gasteiger partial charge in [0.1, 0.15) is 10.7 Å². The summed E-state index contributed by atoms with van der Waals surface area (Å²) in [4.78, 5) is 27.9. The zero-order chi connectivity index (χ0) is 18.8. The average molecular weight is 383 g/mol. The smallest absolute Gasteiger partial charge is 0.273 e. The Morgan fingerprint density at radius 2 is 2.19 bits per heavy atom. The molecule has 1 amide bonds. The third kappa shape index (κ3) is 3.60. The lowest BCUT2D eigenvalue weighted by Crippen LogP contribution is -2.46. The quantitative estimate of drug-likeness (QED) is 0.725. The van der Waals surface area contributed by atoms with Gasteiger partial charge in [-0.15, -0.1) is 11.3 Å². The van der Waals surface area contributed by atoms with Crippen molar-refractivity contribution in [2.75, 3.05) is 13.1 Å². The first-order valence-corrected chi connectivity index (χ1v) is 9.83. The van der Waals surface area contributed by atoms with Crippen molar-refractivity contribution in [2.24, 2.45) is 0 Å². The summed E-state index contributed by atoms with van der Waals surface area (Å²) >= 11 is 1.44. The molecule has 1 N–H and O–H groups in total. The topological polar surface area (TPSA) is 88.8 Å². The van der Waals surface area contributed by atoms with Gasteiger partial charge in [0.15, 0.2) is 0 Å². The molecule has 1 atom stereocenters. The lowest BCUT2D eigenvalue weighted by atomic mass is 10.1. The first-order chi connectivity index (χ1) is 13.1. The Morgan fingerprint density at radius 3 is 2.89 bits per heavy atom. The van der Waals surface area contributed by atoms with E-state index in [1.165, 1.54) is 11.3 Å². The van der Waals surface area contributed by atoms with Gasteiger partial charge in [-0.3, -0.25) is 4.79 Å². The Bertz CT molecular complexity index is 915. The number of thiazole rings is 1. The van der Waals surface area contributed by atoms with Crippen LogP contribution in [0.25, 0.3) is 16.5 Å². The van der Waals surface area contributed by atoms with Crippen LogP contribution < -0.4 is 5.32 Å². The summed E-state index contributed by atoms with van der Waals surface area (Å²) < 4.78 is 1.60. The molecule has 3 aromatic heterocycles. The molecule has 0 aromatic carbocycles. The predicted molar refractivity (Wildman–Crippen MR) is 103 cm³/mol. The highest BCUT2D eigenvalue weighted by molar-refractivity contribution is 7.13. The Labute approximate surface area is 161 Å². The van der Waals surface area contributed by atoms with E-state index in [4.69, 9.17) is 0 Å². The standard InChI is InChI=1S/C18H21N7OS/c1-12(2)25(14-4-7-19-9-14)17(26)15-11-27-16(23-15)13-8-22-24(10-13)18-20-5-3-6-21-18/h3,5-6,8,10-12,14,19H,4,7,9H2,1-2H3/t14-/m1/s1. The SMILES string of the molecule is CC(C)N(C(=O)c1csc(-c2cnn(-c3ncccn3)c2)n1)[C@@H]1CCNC1. The highest BCUT2D eigenvalue weighted by Crippen LogP contribution is 2.25. The highest BCUT2D eigenvalue weighted by Gasteiger charge is 2.30. The molecule has 140 valence electrons. The molecular weight excluding hydrogens is 362 g/mol. The predicted octanol–water partition coefficient (Wildman–Crippen LogP) is 2.00. The number of amides is 1. The van der Waals surface area contributed by atoms with E-state index in [2.05, 4.69) is 25.4 Å². The number of aromatic nitrogens is 5. The maximum Gasteiger partial charge on any atom is 0.273 e. The molecule has 9 heteroatoms. The van der Waals surface area contributed by atoms with Crippen LogP contribution in [-0.4, -0.2) is 60.7 Å². The van der Waals surface area contributed by atoms with Gasteiger partial charge in [0.05, 0.1) is 6.20 Å². The Morgan fingerprint density at radius 1 is 1.37 bits per heavy atom. The van der Waals surface area contributed by atoms with Crippen LogP contribution in [0.15, 0.2) is 36.2 Å². The van der Waals surface area contributed by atoms with Gasteiger partial charge in [-0.1, -0.05) is 0 Å². The molecule has 8 nitrogen and oxygen atoms in total. The molecule has 0 unspecified atom stereocenters. The van der Waals surface area contributed by atoms with E-state index < -0.39 is 0 Å². The maximum atomic E-state index is 13.0. The maximum absolute atomic E-state index is 13.0. The molecule has 0 saturated carbocycles. The van der Waals surface area contributed by atoms with Crippen molar-refractivity contribution in [3.63, 3.8) is 0 Å². The van der Waals surface area contributed by atoms with Gasteiger partial charge < -0.3 is 10.2 Å². The molecule has 4 rings (SSSR count). The summed E-state index contributed by atoms with van der Waals surface area (Å²) in [6.07, 6.45) is 7.85. The van der Waals surface area contributed by atoms with Crippen LogP contribution in [0, 0.1) is 0 Å². The van der Waals surface area contributed by atoms with Gasteiger partial charge in [-0.25, -0.2) is 19.6 Å². The second kappa shape index (κ2) is 7.53. The van der Waals surface area contributed by atoms with Crippen LogP contribution in [0.3, 0.4) is 0 Å². The summed E-state index contributed by atoms with van der Waals surface area (Å²) in [5.41, 5.74) is 1.32. The van der Waals surface area contributed by atoms with Crippen LogP contribution >= 0.6 is 11.3 Å². The fraction of sp³-hybridized carbons (Fsp3) is 0.389. The molecule has 0 bridgehead atoms. The van der Waals surface area contributed by atoms with Crippen LogP contribution in [-0.2, 0) is 0 Å². The van der Waals surface area contributed by atoms with Gasteiger partial charge in [0, 0.05) is 48.2 Å². The summed E-state index contributed by atoms with van der Waals surface area (Å²) in [6.45, 7) is 5.88. The van der Waals surface area contributed by atoms with Crippen LogP contribution in [0.1, 0.15) is 30.8 Å². The number of carbonyl (C=O) groups excluding carboxylic acids is 1. The number of nitrogens with zero attached hydrogens (tertiary/aromatic N) is 6. The van der Waals surface area contributed by atoms with Crippen molar-refractivity contribution in [1.82, 2.24) is 34.9 Å². The van der Waals surface area contributed by atoms with Crippen molar-refractivity contribution < 1.29 is 4.79 Å². The van der Waals surface area contributed by atoms with E-state index in [1.54, 1.807) is 29.3 Å². The molecule has 1 aliphatic rings. The molecule has 0 aliphatic carbocycles. The second-order valence-electron chi connectivity index (χ2n) is 6.71. The van der Waals surface area contributed by atoms with E-state index in [0.717, 1.165) is 30.1 Å². The van der Waals surface area contributed by atoms with Crippen molar-refractivity contribution in [2.45, 2.75) is 32.4 Å². The van der Waals surface area contributed by atoms with E-state index in [9.17, 15) is 4.79 Å². The van der Waals surface area contributed by atoms with E-state index in [1.807, 2.05) is 30.3 Å². The summed E-state index contributed by atoms with van der Waals surface area (Å²) in [7, 11) is 0. The number of nitrogens with one attached hydrogen (secondary N) is 1. The van der Waals surface area contributed by atoms with Gasteiger partial charge in [-0.05, 0) is 32.9 Å². The number of hydrogen-bond acceptors (Lipinski definition) is 7. The number of rotatable bonds is 5. The van der Waals surface area contributed by atoms with Gasteiger partial charge in [-0.2, -0.15) is 5.10 Å². The molecule has 0 radical (unpaired) electrons. The lowest BCUT2D eigenvalue weighted by Gasteiger charge is -2.31. The zero-order valence-corrected chi connectivity index (χ0v) is 16.1. The Hall–Kier alpha value is -2.65. The molecule has 3 aromatic rings. The molecule has 4 heterocycles. The monoisotopic (exact) mass is 383 g/mol. The van der Waals surface area contributed by atoms with Crippen molar-refractivity contribution in [3.05, 3.63) is 41.9 Å². The van der Waals surface area contributed by atoms with Crippen molar-refractivity contribution >= 4 is 17.2 Å². The molecular formula is C18H21N7OS. The largest absolute Gasteiger partial charge is 0.331 e. The van der Waals surface area contributed by atoms with Crippen LogP contribution in [0.2, 0.25) is 0 Å². The van der Waals surface area contributed by atoms with Gasteiger partial charge in [0.25, 0.3) is 5.91 Å². The number of hydrogen-bond donors (Lipinski definition) is 1. The fourth-order valence-corrected chi connectivity index (χ4v) is 4.06. The van der Waals surface area contributed by atoms with E-state index >= 15 is 0 Å². The van der Waals surface area contributed by atoms with Crippen LogP contribution in [0.4, 0.5) is 0 Å². The fourth-order valence-electron chi connectivity index (χ4n) is 3.29. The summed E-state index contributed by atoms with van der Waals surface area (Å²) in [6, 6.07) is 2.11. The number of carbonyl (C=O) groups is 1. The summed E-state index contributed by atoms with van der Waals surface area (Å²) in [5.74, 6) is 0.483. The molecule has 1 aliphatic heterocycles. The first-order valence-electron chi connectivity index (χ1n) is 8.95. The minimum atomic E-state index is -0.0139. The molecule has 1 fully saturated rings. The molecule has 1 saturated heterocycles. The van der Waals surface area contributed by atoms with E-state index in [0.29, 0.717) is 11.6 Å². The third-order valence-corrected chi connectivity index (χ3v) is 5.42. The molecule has 27 heavy (non-hydrogen) atoms. The second-order valence-corrected chi connectivity index (χ2v) is 7.57. The normalized spacial score (nSPS) is 16.8. The van der Waals surface area contributed by atoms with E-state index in [-0.39, 0.29) is 18.0 Å². The van der Waals surface area contributed by atoms with Crippen molar-refractivity contribution in [1.29, 1.82) is 0 Å². The zero-order valence-electron chi connectivity index (χ0n) is 15.2. The minimum Gasteiger partial charge on any atom is -0.331 e. The lowest BCUT2D eigenvalue weighted by molar-refractivity contribution is 0.0621. The van der Waals surface area contributed by atoms with Gasteiger partial charge >= 0.3 is 0 Å². The summed E-state index contributed by atoms with van der Waals surface area (Å²) in [5, 5.41) is 10.2. The van der Waals surface area contributed by atoms with Gasteiger partial charge in [0.2, 0.25) is 5.95 Å². The van der Waals surface area contributed by atoms with Crippen LogP contribution in [0.5, 0.6) is 0 Å².